The Balaban J connectivity index is 2.01. The summed E-state index contributed by atoms with van der Waals surface area (Å²) in [5, 5.41) is 1.76. The Hall–Kier alpha value is -2.04. The molecule has 0 aliphatic rings. The summed E-state index contributed by atoms with van der Waals surface area (Å²) < 4.78 is 9.89. The highest BCUT2D eigenvalue weighted by atomic mass is 35.5. The van der Waals surface area contributed by atoms with Gasteiger partial charge in [-0.3, -0.25) is 0 Å². The van der Waals surface area contributed by atoms with Crippen LogP contribution in [-0.4, -0.2) is 23.4 Å². The van der Waals surface area contributed by atoms with Gasteiger partial charge in [0.1, 0.15) is 17.2 Å². The lowest BCUT2D eigenvalue weighted by Crippen LogP contribution is -2.09. The first-order chi connectivity index (χ1) is 10.6. The van der Waals surface area contributed by atoms with E-state index in [4.69, 9.17) is 27.9 Å². The second-order valence-electron chi connectivity index (χ2n) is 4.25. The topological polar surface area (TPSA) is 52.6 Å². The Kier molecular flexibility index (Phi) is 5.81. The molecular weight excluding hydrogens is 327 g/mol. The van der Waals surface area contributed by atoms with E-state index in [1.807, 2.05) is 30.3 Å². The van der Waals surface area contributed by atoms with E-state index in [-0.39, 0.29) is 6.61 Å². The van der Waals surface area contributed by atoms with Gasteiger partial charge in [-0.2, -0.15) is 0 Å². The summed E-state index contributed by atoms with van der Waals surface area (Å²) in [5.41, 5.74) is 0. The van der Waals surface area contributed by atoms with E-state index in [0.717, 1.165) is 22.9 Å². The van der Waals surface area contributed by atoms with E-state index in [1.165, 1.54) is 0 Å². The molecule has 0 N–H and O–H groups in total. The first-order valence-electron chi connectivity index (χ1n) is 6.39. The molecule has 4 nitrogen and oxygen atoms in total. The van der Waals surface area contributed by atoms with Crippen molar-refractivity contribution in [3.63, 3.8) is 0 Å². The molecule has 0 aromatic heterocycles. The summed E-state index contributed by atoms with van der Waals surface area (Å²) in [6.07, 6.45) is 1.95. The smallest absolute Gasteiger partial charge is 0.336 e. The largest absolute Gasteiger partial charge is 0.460 e. The molecule has 0 saturated heterocycles. The van der Waals surface area contributed by atoms with Crippen molar-refractivity contribution in [3.05, 3.63) is 54.6 Å². The molecule has 0 saturated carbocycles. The van der Waals surface area contributed by atoms with Crippen LogP contribution >= 0.6 is 23.2 Å². The molecule has 0 aliphatic carbocycles. The standard InChI is InChI=1S/C16H12Cl2O4/c17-14(18)10-21-15(19)8-9-16(20)22-13-7-3-5-11-4-1-2-6-12(11)13/h1-9,14H,10H2/b9-8+. The Labute approximate surface area is 137 Å². The van der Waals surface area contributed by atoms with Crippen LogP contribution in [0, 0.1) is 0 Å². The first kappa shape index (κ1) is 16.3. The molecule has 0 aliphatic heterocycles. The summed E-state index contributed by atoms with van der Waals surface area (Å²) >= 11 is 10.8. The molecule has 2 aromatic rings. The van der Waals surface area contributed by atoms with Gasteiger partial charge in [0.05, 0.1) is 0 Å². The second kappa shape index (κ2) is 7.82. The maximum absolute atomic E-state index is 11.7. The van der Waals surface area contributed by atoms with E-state index < -0.39 is 16.8 Å². The first-order valence-corrected chi connectivity index (χ1v) is 7.26. The zero-order valence-corrected chi connectivity index (χ0v) is 12.9. The minimum atomic E-state index is -0.806. The lowest BCUT2D eigenvalue weighted by atomic mass is 10.1. The van der Waals surface area contributed by atoms with Gasteiger partial charge in [-0.25, -0.2) is 9.59 Å². The van der Waals surface area contributed by atoms with Gasteiger partial charge in [-0.15, -0.1) is 23.2 Å². The van der Waals surface area contributed by atoms with E-state index in [1.54, 1.807) is 12.1 Å². The van der Waals surface area contributed by atoms with Crippen LogP contribution in [0.1, 0.15) is 0 Å². The molecule has 6 heteroatoms. The highest BCUT2D eigenvalue weighted by Gasteiger charge is 2.07. The maximum atomic E-state index is 11.7. The van der Waals surface area contributed by atoms with Gasteiger partial charge >= 0.3 is 11.9 Å². The Bertz CT molecular complexity index is 705. The number of hydrogen-bond donors (Lipinski definition) is 0. The number of halogens is 2. The van der Waals surface area contributed by atoms with Crippen molar-refractivity contribution in [3.8, 4) is 5.75 Å². The van der Waals surface area contributed by atoms with E-state index in [2.05, 4.69) is 4.74 Å². The van der Waals surface area contributed by atoms with Crippen LogP contribution < -0.4 is 4.74 Å². The van der Waals surface area contributed by atoms with Gasteiger partial charge in [0.2, 0.25) is 0 Å². The summed E-state index contributed by atoms with van der Waals surface area (Å²) in [4.78, 5) is 22.2. The third-order valence-electron chi connectivity index (χ3n) is 2.67. The summed E-state index contributed by atoms with van der Waals surface area (Å²) in [7, 11) is 0. The molecule has 0 radical (unpaired) electrons. The predicted octanol–water partition coefficient (Wildman–Crippen LogP) is 3.65. The molecule has 2 aromatic carbocycles. The normalized spacial score (nSPS) is 11.0. The molecule has 2 rings (SSSR count). The Morgan fingerprint density at radius 3 is 2.45 bits per heavy atom. The van der Waals surface area contributed by atoms with Crippen LogP contribution in [0.15, 0.2) is 54.6 Å². The number of hydrogen-bond acceptors (Lipinski definition) is 4. The average Bonchev–Trinajstić information content (AvgIpc) is 2.51. The van der Waals surface area contributed by atoms with Crippen LogP contribution in [0.2, 0.25) is 0 Å². The van der Waals surface area contributed by atoms with Gasteiger partial charge in [0.15, 0.2) is 0 Å². The monoisotopic (exact) mass is 338 g/mol. The number of ether oxygens (including phenoxy) is 2. The minimum Gasteiger partial charge on any atom is -0.460 e. The predicted molar refractivity (Wildman–Crippen MR) is 85.2 cm³/mol. The molecule has 22 heavy (non-hydrogen) atoms. The number of carbonyl (C=O) groups is 2. The molecular formula is C16H12Cl2O4. The van der Waals surface area contributed by atoms with Crippen LogP contribution in [-0.2, 0) is 14.3 Å². The fraction of sp³-hybridized carbons (Fsp3) is 0.125. The van der Waals surface area contributed by atoms with Crippen molar-refractivity contribution >= 4 is 45.9 Å². The molecule has 0 atom stereocenters. The third kappa shape index (κ3) is 4.76. The Morgan fingerprint density at radius 2 is 1.68 bits per heavy atom. The number of alkyl halides is 2. The fourth-order valence-corrected chi connectivity index (χ4v) is 1.88. The fourth-order valence-electron chi connectivity index (χ4n) is 1.76. The third-order valence-corrected chi connectivity index (χ3v) is 2.92. The van der Waals surface area contributed by atoms with Gasteiger partial charge in [0, 0.05) is 17.5 Å². The van der Waals surface area contributed by atoms with Crippen molar-refractivity contribution in [1.29, 1.82) is 0 Å². The highest BCUT2D eigenvalue weighted by molar-refractivity contribution is 6.44. The highest BCUT2D eigenvalue weighted by Crippen LogP contribution is 2.25. The van der Waals surface area contributed by atoms with Gasteiger partial charge in [-0.1, -0.05) is 36.4 Å². The van der Waals surface area contributed by atoms with Crippen molar-refractivity contribution < 1.29 is 19.1 Å². The zero-order chi connectivity index (χ0) is 15.9. The second-order valence-corrected chi connectivity index (χ2v) is 5.53. The van der Waals surface area contributed by atoms with Crippen LogP contribution in [0.3, 0.4) is 0 Å². The number of rotatable bonds is 5. The van der Waals surface area contributed by atoms with Crippen LogP contribution in [0.25, 0.3) is 10.8 Å². The van der Waals surface area contributed by atoms with Crippen LogP contribution in [0.4, 0.5) is 0 Å². The number of fused-ring (bicyclic) bond motifs is 1. The molecule has 0 unspecified atom stereocenters. The lowest BCUT2D eigenvalue weighted by molar-refractivity contribution is -0.138. The number of carbonyl (C=O) groups excluding carboxylic acids is 2. The van der Waals surface area contributed by atoms with Crippen molar-refractivity contribution in [2.45, 2.75) is 4.84 Å². The molecule has 0 fully saturated rings. The molecule has 0 amide bonds. The van der Waals surface area contributed by atoms with Gasteiger partial charge < -0.3 is 9.47 Å². The van der Waals surface area contributed by atoms with Gasteiger partial charge in [0.25, 0.3) is 0 Å². The van der Waals surface area contributed by atoms with Gasteiger partial charge in [-0.05, 0) is 11.5 Å². The number of esters is 2. The Morgan fingerprint density at radius 1 is 1.00 bits per heavy atom. The summed E-state index contributed by atoms with van der Waals surface area (Å²) in [6.45, 7) is -0.148. The quantitative estimate of drug-likeness (QED) is 0.361. The maximum Gasteiger partial charge on any atom is 0.336 e. The van der Waals surface area contributed by atoms with E-state index in [0.29, 0.717) is 5.75 Å². The number of benzene rings is 2. The molecule has 0 spiro atoms. The SMILES string of the molecule is O=C(/C=C/C(=O)Oc1cccc2ccccc12)OCC(Cl)Cl. The van der Waals surface area contributed by atoms with E-state index >= 15 is 0 Å². The van der Waals surface area contributed by atoms with Crippen molar-refractivity contribution in [2.75, 3.05) is 6.61 Å². The van der Waals surface area contributed by atoms with Crippen LogP contribution in [0.5, 0.6) is 5.75 Å². The molecule has 114 valence electrons. The van der Waals surface area contributed by atoms with E-state index in [9.17, 15) is 9.59 Å². The lowest BCUT2D eigenvalue weighted by Gasteiger charge is -2.05. The van der Waals surface area contributed by atoms with Crippen molar-refractivity contribution in [2.24, 2.45) is 0 Å². The minimum absolute atomic E-state index is 0.148. The molecule has 0 heterocycles. The summed E-state index contributed by atoms with van der Waals surface area (Å²) in [5.74, 6) is -0.981. The molecule has 0 bridgehead atoms. The summed E-state index contributed by atoms with van der Waals surface area (Å²) in [6, 6.07) is 12.9. The van der Waals surface area contributed by atoms with Crippen molar-refractivity contribution in [1.82, 2.24) is 0 Å². The zero-order valence-electron chi connectivity index (χ0n) is 11.4. The average molecular weight is 339 g/mol.